The van der Waals surface area contributed by atoms with Crippen LogP contribution >= 0.6 is 0 Å². The average molecular weight is 270 g/mol. The molecule has 1 heterocycles. The second kappa shape index (κ2) is 7.78. The quantitative estimate of drug-likeness (QED) is 0.590. The Morgan fingerprint density at radius 3 is 3.00 bits per heavy atom. The number of nitrogens with one attached hydrogen (secondary N) is 1. The van der Waals surface area contributed by atoms with Gasteiger partial charge in [-0.1, -0.05) is 18.2 Å². The van der Waals surface area contributed by atoms with Crippen molar-refractivity contribution in [3.05, 3.63) is 54.2 Å². The molecule has 1 aromatic carbocycles. The SMILES string of the molecule is C=CCCOCCNCc1ccc2nc(C)ccc2c1. The van der Waals surface area contributed by atoms with Gasteiger partial charge in [0.1, 0.15) is 0 Å². The van der Waals surface area contributed by atoms with Gasteiger partial charge in [0.15, 0.2) is 0 Å². The third kappa shape index (κ3) is 4.44. The number of ether oxygens (including phenoxy) is 1. The summed E-state index contributed by atoms with van der Waals surface area (Å²) in [6.45, 7) is 8.89. The number of aryl methyl sites for hydroxylation is 1. The standard InChI is InChI=1S/C17H22N2O/c1-3-4-10-20-11-9-18-13-15-6-8-17-16(12-15)7-5-14(2)19-17/h3,5-8,12,18H,1,4,9-11,13H2,2H3. The van der Waals surface area contributed by atoms with Crippen molar-refractivity contribution in [3.8, 4) is 0 Å². The minimum atomic E-state index is 0.738. The van der Waals surface area contributed by atoms with E-state index in [-0.39, 0.29) is 0 Å². The van der Waals surface area contributed by atoms with Gasteiger partial charge in [0, 0.05) is 24.2 Å². The lowest BCUT2D eigenvalue weighted by atomic mass is 10.1. The molecule has 0 amide bonds. The zero-order valence-electron chi connectivity index (χ0n) is 12.1. The minimum Gasteiger partial charge on any atom is -0.380 e. The van der Waals surface area contributed by atoms with E-state index in [4.69, 9.17) is 4.74 Å². The van der Waals surface area contributed by atoms with Crippen LogP contribution in [0.15, 0.2) is 43.0 Å². The monoisotopic (exact) mass is 270 g/mol. The summed E-state index contributed by atoms with van der Waals surface area (Å²) in [5, 5.41) is 4.58. The second-order valence-corrected chi connectivity index (χ2v) is 4.85. The van der Waals surface area contributed by atoms with Crippen molar-refractivity contribution < 1.29 is 4.74 Å². The molecule has 0 unspecified atom stereocenters. The van der Waals surface area contributed by atoms with E-state index >= 15 is 0 Å². The molecule has 0 atom stereocenters. The fourth-order valence-electron chi connectivity index (χ4n) is 2.03. The number of nitrogens with zero attached hydrogens (tertiary/aromatic N) is 1. The van der Waals surface area contributed by atoms with Crippen molar-refractivity contribution in [2.24, 2.45) is 0 Å². The van der Waals surface area contributed by atoms with Crippen molar-refractivity contribution in [3.63, 3.8) is 0 Å². The van der Waals surface area contributed by atoms with E-state index < -0.39 is 0 Å². The Balaban J connectivity index is 1.78. The Bertz CT molecular complexity index is 566. The molecular weight excluding hydrogens is 248 g/mol. The van der Waals surface area contributed by atoms with Crippen LogP contribution in [-0.2, 0) is 11.3 Å². The molecule has 20 heavy (non-hydrogen) atoms. The molecule has 3 nitrogen and oxygen atoms in total. The van der Waals surface area contributed by atoms with Crippen molar-refractivity contribution in [2.75, 3.05) is 19.8 Å². The molecule has 106 valence electrons. The molecular formula is C17H22N2O. The lowest BCUT2D eigenvalue weighted by Gasteiger charge is -2.07. The summed E-state index contributed by atoms with van der Waals surface area (Å²) in [6, 6.07) is 10.6. The van der Waals surface area contributed by atoms with E-state index in [9.17, 15) is 0 Å². The van der Waals surface area contributed by atoms with Gasteiger partial charge in [-0.2, -0.15) is 0 Å². The summed E-state index contributed by atoms with van der Waals surface area (Å²) in [6.07, 6.45) is 2.79. The second-order valence-electron chi connectivity index (χ2n) is 4.85. The van der Waals surface area contributed by atoms with Crippen LogP contribution in [0.4, 0.5) is 0 Å². The fraction of sp³-hybridized carbons (Fsp3) is 0.353. The molecule has 0 saturated carbocycles. The van der Waals surface area contributed by atoms with E-state index in [1.54, 1.807) is 0 Å². The molecule has 0 radical (unpaired) electrons. The van der Waals surface area contributed by atoms with Gasteiger partial charge in [-0.25, -0.2) is 0 Å². The Kier molecular flexibility index (Phi) is 5.71. The van der Waals surface area contributed by atoms with Gasteiger partial charge >= 0.3 is 0 Å². The van der Waals surface area contributed by atoms with Gasteiger partial charge in [0.05, 0.1) is 18.7 Å². The van der Waals surface area contributed by atoms with Crippen molar-refractivity contribution in [1.29, 1.82) is 0 Å². The molecule has 0 fully saturated rings. The van der Waals surface area contributed by atoms with Gasteiger partial charge in [-0.3, -0.25) is 4.98 Å². The molecule has 0 aliphatic carbocycles. The Hall–Kier alpha value is -1.71. The number of hydrogen-bond acceptors (Lipinski definition) is 3. The Labute approximate surface area is 120 Å². The first-order valence-electron chi connectivity index (χ1n) is 7.05. The molecule has 3 heteroatoms. The average Bonchev–Trinajstić information content (AvgIpc) is 2.46. The number of aromatic nitrogens is 1. The summed E-state index contributed by atoms with van der Waals surface area (Å²) < 4.78 is 5.45. The van der Waals surface area contributed by atoms with Crippen molar-refractivity contribution in [2.45, 2.75) is 19.9 Å². The number of pyridine rings is 1. The zero-order chi connectivity index (χ0) is 14.2. The van der Waals surface area contributed by atoms with Crippen LogP contribution in [0, 0.1) is 6.92 Å². The highest BCUT2D eigenvalue weighted by molar-refractivity contribution is 5.79. The molecule has 2 aromatic rings. The highest BCUT2D eigenvalue weighted by Crippen LogP contribution is 2.14. The third-order valence-corrected chi connectivity index (χ3v) is 3.11. The summed E-state index contributed by atoms with van der Waals surface area (Å²) in [5.41, 5.74) is 3.39. The number of rotatable bonds is 8. The van der Waals surface area contributed by atoms with E-state index in [2.05, 4.69) is 41.1 Å². The van der Waals surface area contributed by atoms with E-state index in [1.165, 1.54) is 10.9 Å². The van der Waals surface area contributed by atoms with Gasteiger partial charge in [-0.05, 0) is 37.1 Å². The van der Waals surface area contributed by atoms with Gasteiger partial charge in [0.25, 0.3) is 0 Å². The van der Waals surface area contributed by atoms with Gasteiger partial charge in [0.2, 0.25) is 0 Å². The smallest absolute Gasteiger partial charge is 0.0705 e. The van der Waals surface area contributed by atoms with Crippen LogP contribution in [0.25, 0.3) is 10.9 Å². The first kappa shape index (κ1) is 14.7. The normalized spacial score (nSPS) is 10.8. The lowest BCUT2D eigenvalue weighted by Crippen LogP contribution is -2.19. The minimum absolute atomic E-state index is 0.738. The maximum Gasteiger partial charge on any atom is 0.0705 e. The zero-order valence-corrected chi connectivity index (χ0v) is 12.1. The summed E-state index contributed by atoms with van der Waals surface area (Å²) in [4.78, 5) is 4.51. The van der Waals surface area contributed by atoms with Gasteiger partial charge in [-0.15, -0.1) is 6.58 Å². The predicted octanol–water partition coefficient (Wildman–Crippen LogP) is 3.23. The Morgan fingerprint density at radius 1 is 1.25 bits per heavy atom. The topological polar surface area (TPSA) is 34.1 Å². The maximum absolute atomic E-state index is 5.45. The van der Waals surface area contributed by atoms with Crippen molar-refractivity contribution >= 4 is 10.9 Å². The first-order valence-corrected chi connectivity index (χ1v) is 7.05. The lowest BCUT2D eigenvalue weighted by molar-refractivity contribution is 0.140. The van der Waals surface area contributed by atoms with Crippen LogP contribution in [0.5, 0.6) is 0 Å². The largest absolute Gasteiger partial charge is 0.380 e. The van der Waals surface area contributed by atoms with Crippen LogP contribution in [0.2, 0.25) is 0 Å². The van der Waals surface area contributed by atoms with Crippen LogP contribution in [0.3, 0.4) is 0 Å². The van der Waals surface area contributed by atoms with Crippen LogP contribution in [0.1, 0.15) is 17.7 Å². The molecule has 0 aliphatic heterocycles. The van der Waals surface area contributed by atoms with E-state index in [0.717, 1.165) is 43.9 Å². The molecule has 0 spiro atoms. The molecule has 0 bridgehead atoms. The Morgan fingerprint density at radius 2 is 2.15 bits per heavy atom. The molecule has 0 aliphatic rings. The van der Waals surface area contributed by atoms with E-state index in [0.29, 0.717) is 0 Å². The fourth-order valence-corrected chi connectivity index (χ4v) is 2.03. The maximum atomic E-state index is 5.45. The summed E-state index contributed by atoms with van der Waals surface area (Å²) >= 11 is 0. The van der Waals surface area contributed by atoms with Gasteiger partial charge < -0.3 is 10.1 Å². The van der Waals surface area contributed by atoms with Crippen LogP contribution in [-0.4, -0.2) is 24.7 Å². The molecule has 1 N–H and O–H groups in total. The predicted molar refractivity (Wildman–Crippen MR) is 83.8 cm³/mol. The summed E-state index contributed by atoms with van der Waals surface area (Å²) in [7, 11) is 0. The first-order chi connectivity index (χ1) is 9.79. The third-order valence-electron chi connectivity index (χ3n) is 3.11. The highest BCUT2D eigenvalue weighted by Gasteiger charge is 1.98. The number of hydrogen-bond donors (Lipinski definition) is 1. The molecule has 0 saturated heterocycles. The molecule has 1 aromatic heterocycles. The molecule has 2 rings (SSSR count). The van der Waals surface area contributed by atoms with Crippen molar-refractivity contribution in [1.82, 2.24) is 10.3 Å². The number of benzene rings is 1. The number of fused-ring (bicyclic) bond motifs is 1. The summed E-state index contributed by atoms with van der Waals surface area (Å²) in [5.74, 6) is 0. The van der Waals surface area contributed by atoms with E-state index in [1.807, 2.05) is 19.1 Å². The highest BCUT2D eigenvalue weighted by atomic mass is 16.5. The van der Waals surface area contributed by atoms with Crippen LogP contribution < -0.4 is 5.32 Å².